The first-order valence-corrected chi connectivity index (χ1v) is 7.89. The van der Waals surface area contributed by atoms with Gasteiger partial charge in [0.05, 0.1) is 20.3 Å². The smallest absolute Gasteiger partial charge is 0.202 e. The molecular formula is C19H20N2O3. The topological polar surface area (TPSA) is 65.7 Å². The molecule has 3 rings (SSSR count). The van der Waals surface area contributed by atoms with Crippen molar-refractivity contribution in [3.63, 3.8) is 0 Å². The molecule has 0 saturated carbocycles. The summed E-state index contributed by atoms with van der Waals surface area (Å²) in [5.74, 6) is 0.682. The number of nitriles is 1. The van der Waals surface area contributed by atoms with Crippen LogP contribution in [-0.2, 0) is 10.3 Å². The average molecular weight is 324 g/mol. The molecule has 1 heterocycles. The lowest BCUT2D eigenvalue weighted by Gasteiger charge is -2.29. The van der Waals surface area contributed by atoms with E-state index in [9.17, 15) is 10.4 Å². The molecular weight excluding hydrogens is 304 g/mol. The second kappa shape index (κ2) is 6.91. The lowest BCUT2D eigenvalue weighted by atomic mass is 9.87. The lowest BCUT2D eigenvalue weighted by Crippen LogP contribution is -2.36. The number of benzene rings is 2. The molecule has 1 aliphatic heterocycles. The molecule has 1 fully saturated rings. The second-order valence-electron chi connectivity index (χ2n) is 5.70. The van der Waals surface area contributed by atoms with Crippen LogP contribution in [0.25, 0.3) is 0 Å². The number of nitrogens with zero attached hydrogens (tertiary/aromatic N) is 2. The summed E-state index contributed by atoms with van der Waals surface area (Å²) in [5.41, 5.74) is 0.449. The van der Waals surface area contributed by atoms with Gasteiger partial charge in [0.2, 0.25) is 5.60 Å². The predicted octanol–water partition coefficient (Wildman–Crippen LogP) is 2.29. The summed E-state index contributed by atoms with van der Waals surface area (Å²) in [6.45, 7) is 3.13. The normalized spacial score (nSPS) is 17.0. The molecule has 0 bridgehead atoms. The first-order valence-electron chi connectivity index (χ1n) is 7.89. The fourth-order valence-corrected chi connectivity index (χ4v) is 2.86. The SMILES string of the molecule is COc1ccc(C(O)(C#N)c2ccc(N3CCOCC3)cc2)cc1. The Labute approximate surface area is 141 Å². The Morgan fingerprint density at radius 2 is 1.58 bits per heavy atom. The monoisotopic (exact) mass is 324 g/mol. The third-order valence-electron chi connectivity index (χ3n) is 4.33. The highest BCUT2D eigenvalue weighted by molar-refractivity contribution is 5.52. The van der Waals surface area contributed by atoms with Crippen molar-refractivity contribution in [2.75, 3.05) is 38.3 Å². The van der Waals surface area contributed by atoms with Crippen LogP contribution in [0.1, 0.15) is 11.1 Å². The lowest BCUT2D eigenvalue weighted by molar-refractivity contribution is 0.122. The summed E-state index contributed by atoms with van der Waals surface area (Å²) in [4.78, 5) is 2.23. The van der Waals surface area contributed by atoms with E-state index in [1.54, 1.807) is 43.5 Å². The molecule has 2 aromatic carbocycles. The number of methoxy groups -OCH3 is 1. The van der Waals surface area contributed by atoms with Crippen LogP contribution < -0.4 is 9.64 Å². The van der Waals surface area contributed by atoms with Gasteiger partial charge in [0, 0.05) is 29.9 Å². The van der Waals surface area contributed by atoms with Crippen molar-refractivity contribution in [1.29, 1.82) is 5.26 Å². The number of morpholine rings is 1. The Bertz CT molecular complexity index is 716. The molecule has 0 amide bonds. The van der Waals surface area contributed by atoms with E-state index in [1.165, 1.54) is 0 Å². The van der Waals surface area contributed by atoms with Crippen LogP contribution in [0.2, 0.25) is 0 Å². The fraction of sp³-hybridized carbons (Fsp3) is 0.316. The van der Waals surface area contributed by atoms with Crippen LogP contribution in [0, 0.1) is 11.3 Å². The molecule has 24 heavy (non-hydrogen) atoms. The molecule has 124 valence electrons. The van der Waals surface area contributed by atoms with Gasteiger partial charge in [-0.3, -0.25) is 0 Å². The largest absolute Gasteiger partial charge is 0.497 e. The van der Waals surface area contributed by atoms with Gasteiger partial charge in [-0.15, -0.1) is 0 Å². The van der Waals surface area contributed by atoms with Gasteiger partial charge in [0.25, 0.3) is 0 Å². The third-order valence-corrected chi connectivity index (χ3v) is 4.33. The number of aliphatic hydroxyl groups is 1. The Morgan fingerprint density at radius 3 is 2.08 bits per heavy atom. The Kier molecular flexibility index (Phi) is 4.70. The van der Waals surface area contributed by atoms with Crippen molar-refractivity contribution in [3.05, 3.63) is 59.7 Å². The summed E-state index contributed by atoms with van der Waals surface area (Å²) < 4.78 is 10.5. The van der Waals surface area contributed by atoms with Gasteiger partial charge >= 0.3 is 0 Å². The van der Waals surface area contributed by atoms with Crippen LogP contribution in [-0.4, -0.2) is 38.5 Å². The number of hydrogen-bond donors (Lipinski definition) is 1. The minimum Gasteiger partial charge on any atom is -0.497 e. The van der Waals surface area contributed by atoms with Gasteiger partial charge in [0.15, 0.2) is 0 Å². The van der Waals surface area contributed by atoms with E-state index in [-0.39, 0.29) is 0 Å². The van der Waals surface area contributed by atoms with E-state index in [0.717, 1.165) is 32.0 Å². The van der Waals surface area contributed by atoms with Crippen LogP contribution >= 0.6 is 0 Å². The van der Waals surface area contributed by atoms with E-state index in [0.29, 0.717) is 16.9 Å². The zero-order valence-electron chi connectivity index (χ0n) is 13.6. The second-order valence-corrected chi connectivity index (χ2v) is 5.70. The summed E-state index contributed by atoms with van der Waals surface area (Å²) in [6, 6.07) is 16.4. The minimum absolute atomic E-state index is 0.518. The maximum atomic E-state index is 10.9. The zero-order chi connectivity index (χ0) is 17.0. The summed E-state index contributed by atoms with van der Waals surface area (Å²) >= 11 is 0. The van der Waals surface area contributed by atoms with Crippen molar-refractivity contribution in [1.82, 2.24) is 0 Å². The standard InChI is InChI=1S/C19H20N2O3/c1-23-18-8-4-16(5-9-18)19(22,14-20)15-2-6-17(7-3-15)21-10-12-24-13-11-21/h2-9,22H,10-13H2,1H3. The molecule has 0 spiro atoms. The van der Waals surface area contributed by atoms with Crippen LogP contribution in [0.5, 0.6) is 5.75 Å². The summed E-state index contributed by atoms with van der Waals surface area (Å²) in [6.07, 6.45) is 0. The molecule has 1 saturated heterocycles. The highest BCUT2D eigenvalue weighted by Crippen LogP contribution is 2.31. The van der Waals surface area contributed by atoms with Crippen molar-refractivity contribution in [3.8, 4) is 11.8 Å². The molecule has 1 unspecified atom stereocenters. The Balaban J connectivity index is 1.88. The zero-order valence-corrected chi connectivity index (χ0v) is 13.6. The van der Waals surface area contributed by atoms with Gasteiger partial charge in [-0.1, -0.05) is 24.3 Å². The molecule has 0 radical (unpaired) electrons. The van der Waals surface area contributed by atoms with E-state index in [2.05, 4.69) is 4.90 Å². The first kappa shape index (κ1) is 16.3. The Morgan fingerprint density at radius 1 is 1.04 bits per heavy atom. The molecule has 0 aromatic heterocycles. The Hall–Kier alpha value is -2.55. The highest BCUT2D eigenvalue weighted by Gasteiger charge is 2.31. The highest BCUT2D eigenvalue weighted by atomic mass is 16.5. The molecule has 0 aliphatic carbocycles. The predicted molar refractivity (Wildman–Crippen MR) is 91.1 cm³/mol. The van der Waals surface area contributed by atoms with E-state index in [1.807, 2.05) is 18.2 Å². The third kappa shape index (κ3) is 3.07. The van der Waals surface area contributed by atoms with Crippen molar-refractivity contribution in [2.45, 2.75) is 5.60 Å². The molecule has 5 heteroatoms. The first-order chi connectivity index (χ1) is 11.7. The number of rotatable bonds is 4. The maximum Gasteiger partial charge on any atom is 0.202 e. The number of anilines is 1. The van der Waals surface area contributed by atoms with Crippen molar-refractivity contribution >= 4 is 5.69 Å². The van der Waals surface area contributed by atoms with E-state index < -0.39 is 5.60 Å². The molecule has 1 atom stereocenters. The summed E-state index contributed by atoms with van der Waals surface area (Å²) in [5, 5.41) is 20.5. The van der Waals surface area contributed by atoms with E-state index >= 15 is 0 Å². The minimum atomic E-state index is -1.68. The van der Waals surface area contributed by atoms with Crippen molar-refractivity contribution in [2.24, 2.45) is 0 Å². The quantitative estimate of drug-likeness (QED) is 0.874. The van der Waals surface area contributed by atoms with Crippen molar-refractivity contribution < 1.29 is 14.6 Å². The van der Waals surface area contributed by atoms with Gasteiger partial charge in [0.1, 0.15) is 11.8 Å². The van der Waals surface area contributed by atoms with Gasteiger partial charge in [-0.05, 0) is 24.3 Å². The fourth-order valence-electron chi connectivity index (χ4n) is 2.86. The average Bonchev–Trinajstić information content (AvgIpc) is 2.68. The van der Waals surface area contributed by atoms with Gasteiger partial charge < -0.3 is 19.5 Å². The maximum absolute atomic E-state index is 10.9. The number of hydrogen-bond acceptors (Lipinski definition) is 5. The molecule has 2 aromatic rings. The number of ether oxygens (including phenoxy) is 2. The van der Waals surface area contributed by atoms with Gasteiger partial charge in [-0.25, -0.2) is 0 Å². The molecule has 1 aliphatic rings. The molecule has 5 nitrogen and oxygen atoms in total. The molecule has 1 N–H and O–H groups in total. The van der Waals surface area contributed by atoms with E-state index in [4.69, 9.17) is 9.47 Å². The van der Waals surface area contributed by atoms with Crippen LogP contribution in [0.4, 0.5) is 5.69 Å². The van der Waals surface area contributed by atoms with Crippen LogP contribution in [0.15, 0.2) is 48.5 Å². The van der Waals surface area contributed by atoms with Crippen LogP contribution in [0.3, 0.4) is 0 Å². The summed E-state index contributed by atoms with van der Waals surface area (Å²) in [7, 11) is 1.58. The van der Waals surface area contributed by atoms with Gasteiger partial charge in [-0.2, -0.15) is 5.26 Å².